The van der Waals surface area contributed by atoms with Gasteiger partial charge in [-0.05, 0) is 22.9 Å². The molecule has 1 aromatic rings. The van der Waals surface area contributed by atoms with Gasteiger partial charge in [0.05, 0.1) is 13.0 Å². The third kappa shape index (κ3) is 3.36. The Hall–Kier alpha value is -1.24. The molecule has 0 saturated carbocycles. The quantitative estimate of drug-likeness (QED) is 0.868. The van der Waals surface area contributed by atoms with Crippen molar-refractivity contribution in [2.45, 2.75) is 19.8 Å². The second-order valence-corrected chi connectivity index (χ2v) is 4.02. The number of rotatable bonds is 4. The number of esters is 1. The molecule has 94 valence electrons. The summed E-state index contributed by atoms with van der Waals surface area (Å²) in [6.45, 7) is 1.82. The van der Waals surface area contributed by atoms with E-state index in [-0.39, 0.29) is 34.4 Å². The average molecular weight is 309 g/mol. The number of nitrogens with two attached hydrogens (primary N) is 1. The molecule has 1 aromatic heterocycles. The Kier molecular flexibility index (Phi) is 4.80. The molecule has 0 aliphatic heterocycles. The predicted molar refractivity (Wildman–Crippen MR) is 61.6 cm³/mol. The number of anilines is 1. The van der Waals surface area contributed by atoms with E-state index in [0.29, 0.717) is 0 Å². The van der Waals surface area contributed by atoms with Crippen molar-refractivity contribution in [2.75, 3.05) is 12.3 Å². The molecule has 17 heavy (non-hydrogen) atoms. The SMILES string of the molecule is CCOC(=O)Cc1c(N)ncc(Br)c1C(F)F. The van der Waals surface area contributed by atoms with Crippen LogP contribution in [0.15, 0.2) is 10.7 Å². The lowest BCUT2D eigenvalue weighted by Crippen LogP contribution is -2.13. The highest BCUT2D eigenvalue weighted by Gasteiger charge is 2.22. The van der Waals surface area contributed by atoms with E-state index in [1.54, 1.807) is 6.92 Å². The molecule has 0 fully saturated rings. The summed E-state index contributed by atoms with van der Waals surface area (Å²) in [5, 5.41) is 0. The highest BCUT2D eigenvalue weighted by molar-refractivity contribution is 9.10. The van der Waals surface area contributed by atoms with Crippen molar-refractivity contribution in [3.8, 4) is 0 Å². The molecule has 4 nitrogen and oxygen atoms in total. The maximum Gasteiger partial charge on any atom is 0.310 e. The topological polar surface area (TPSA) is 65.2 Å². The van der Waals surface area contributed by atoms with E-state index < -0.39 is 12.4 Å². The highest BCUT2D eigenvalue weighted by Crippen LogP contribution is 2.32. The van der Waals surface area contributed by atoms with Crippen molar-refractivity contribution in [1.82, 2.24) is 4.98 Å². The second-order valence-electron chi connectivity index (χ2n) is 3.17. The Morgan fingerprint density at radius 3 is 2.82 bits per heavy atom. The lowest BCUT2D eigenvalue weighted by molar-refractivity contribution is -0.142. The van der Waals surface area contributed by atoms with Crippen molar-refractivity contribution in [2.24, 2.45) is 0 Å². The van der Waals surface area contributed by atoms with Crippen LogP contribution in [-0.2, 0) is 16.0 Å². The molecule has 1 heterocycles. The molecule has 0 saturated heterocycles. The molecule has 0 aliphatic rings. The number of aromatic nitrogens is 1. The van der Waals surface area contributed by atoms with Gasteiger partial charge in [0.15, 0.2) is 0 Å². The minimum absolute atomic E-state index is 0.00725. The molecule has 0 atom stereocenters. The molecule has 0 amide bonds. The van der Waals surface area contributed by atoms with Crippen LogP contribution in [0.3, 0.4) is 0 Å². The zero-order chi connectivity index (χ0) is 13.0. The largest absolute Gasteiger partial charge is 0.466 e. The van der Waals surface area contributed by atoms with Gasteiger partial charge in [0.2, 0.25) is 0 Å². The lowest BCUT2D eigenvalue weighted by Gasteiger charge is -2.12. The summed E-state index contributed by atoms with van der Waals surface area (Å²) in [5.41, 5.74) is 5.19. The van der Waals surface area contributed by atoms with Crippen molar-refractivity contribution in [3.05, 3.63) is 21.8 Å². The van der Waals surface area contributed by atoms with Gasteiger partial charge >= 0.3 is 5.97 Å². The van der Waals surface area contributed by atoms with Gasteiger partial charge in [0.25, 0.3) is 6.43 Å². The first-order valence-corrected chi connectivity index (χ1v) is 5.63. The Labute approximate surface area is 105 Å². The number of halogens is 3. The van der Waals surface area contributed by atoms with Crippen LogP contribution in [0.25, 0.3) is 0 Å². The summed E-state index contributed by atoms with van der Waals surface area (Å²) < 4.78 is 30.5. The summed E-state index contributed by atoms with van der Waals surface area (Å²) in [5.74, 6) is -0.697. The van der Waals surface area contributed by atoms with Crippen LogP contribution in [-0.4, -0.2) is 17.6 Å². The average Bonchev–Trinajstić information content (AvgIpc) is 2.23. The van der Waals surface area contributed by atoms with Crippen molar-refractivity contribution in [1.29, 1.82) is 0 Å². The van der Waals surface area contributed by atoms with Crippen LogP contribution in [0.5, 0.6) is 0 Å². The first-order chi connectivity index (χ1) is 7.97. The van der Waals surface area contributed by atoms with Crippen LogP contribution >= 0.6 is 15.9 Å². The number of ether oxygens (including phenoxy) is 1. The molecule has 0 bridgehead atoms. The Morgan fingerprint density at radius 2 is 2.29 bits per heavy atom. The lowest BCUT2D eigenvalue weighted by atomic mass is 10.1. The van der Waals surface area contributed by atoms with Gasteiger partial charge in [-0.25, -0.2) is 13.8 Å². The van der Waals surface area contributed by atoms with Crippen molar-refractivity contribution in [3.63, 3.8) is 0 Å². The van der Waals surface area contributed by atoms with Gasteiger partial charge in [0.1, 0.15) is 5.82 Å². The summed E-state index contributed by atoms with van der Waals surface area (Å²) in [7, 11) is 0. The Morgan fingerprint density at radius 1 is 1.65 bits per heavy atom. The number of hydrogen-bond donors (Lipinski definition) is 1. The normalized spacial score (nSPS) is 10.6. The van der Waals surface area contributed by atoms with Gasteiger partial charge in [0, 0.05) is 21.8 Å². The van der Waals surface area contributed by atoms with Gasteiger partial charge in [-0.1, -0.05) is 0 Å². The minimum atomic E-state index is -2.74. The van der Waals surface area contributed by atoms with Gasteiger partial charge in [-0.3, -0.25) is 4.79 Å². The molecule has 1 rings (SSSR count). The van der Waals surface area contributed by atoms with Gasteiger partial charge < -0.3 is 10.5 Å². The summed E-state index contributed by atoms with van der Waals surface area (Å²) in [6.07, 6.45) is -1.86. The zero-order valence-corrected chi connectivity index (χ0v) is 10.6. The summed E-state index contributed by atoms with van der Waals surface area (Å²) >= 11 is 2.96. The van der Waals surface area contributed by atoms with E-state index >= 15 is 0 Å². The molecule has 0 unspecified atom stereocenters. The monoisotopic (exact) mass is 308 g/mol. The van der Waals surface area contributed by atoms with E-state index in [9.17, 15) is 13.6 Å². The number of hydrogen-bond acceptors (Lipinski definition) is 4. The van der Waals surface area contributed by atoms with Gasteiger partial charge in [-0.15, -0.1) is 0 Å². The fourth-order valence-corrected chi connectivity index (χ4v) is 1.85. The fraction of sp³-hybridized carbons (Fsp3) is 0.400. The van der Waals surface area contributed by atoms with Crippen LogP contribution in [0.2, 0.25) is 0 Å². The summed E-state index contributed by atoms with van der Waals surface area (Å²) in [6, 6.07) is 0. The zero-order valence-electron chi connectivity index (χ0n) is 9.04. The number of nitrogens with zero attached hydrogens (tertiary/aromatic N) is 1. The first-order valence-electron chi connectivity index (χ1n) is 4.83. The fourth-order valence-electron chi connectivity index (χ4n) is 1.33. The van der Waals surface area contributed by atoms with Crippen molar-refractivity contribution < 1.29 is 18.3 Å². The number of carbonyl (C=O) groups excluding carboxylic acids is 1. The Bertz CT molecular complexity index is 427. The maximum atomic E-state index is 12.8. The molecule has 0 aliphatic carbocycles. The number of nitrogen functional groups attached to an aromatic ring is 1. The van der Waals surface area contributed by atoms with Crippen LogP contribution < -0.4 is 5.73 Å². The maximum absolute atomic E-state index is 12.8. The molecule has 0 radical (unpaired) electrons. The third-order valence-electron chi connectivity index (χ3n) is 2.05. The van der Waals surface area contributed by atoms with E-state index in [4.69, 9.17) is 10.5 Å². The molecule has 2 N–H and O–H groups in total. The molecular formula is C10H11BrF2N2O2. The van der Waals surface area contributed by atoms with E-state index in [0.717, 1.165) is 0 Å². The van der Waals surface area contributed by atoms with E-state index in [2.05, 4.69) is 20.9 Å². The number of pyridine rings is 1. The van der Waals surface area contributed by atoms with E-state index in [1.165, 1.54) is 6.20 Å². The molecule has 0 aromatic carbocycles. The van der Waals surface area contributed by atoms with E-state index in [1.807, 2.05) is 0 Å². The van der Waals surface area contributed by atoms with Crippen LogP contribution in [0.1, 0.15) is 24.5 Å². The van der Waals surface area contributed by atoms with Crippen LogP contribution in [0, 0.1) is 0 Å². The van der Waals surface area contributed by atoms with Gasteiger partial charge in [-0.2, -0.15) is 0 Å². The van der Waals surface area contributed by atoms with Crippen LogP contribution in [0.4, 0.5) is 14.6 Å². The second kappa shape index (κ2) is 5.90. The molecule has 7 heteroatoms. The minimum Gasteiger partial charge on any atom is -0.466 e. The summed E-state index contributed by atoms with van der Waals surface area (Å²) in [4.78, 5) is 15.0. The molecule has 0 spiro atoms. The Balaban J connectivity index is 3.12. The first kappa shape index (κ1) is 13.8. The number of carbonyl (C=O) groups is 1. The standard InChI is InChI=1S/C10H11BrF2N2O2/c1-2-17-7(16)3-5-8(9(12)13)6(11)4-15-10(5)14/h4,9H,2-3H2,1H3,(H2,14,15). The molecular weight excluding hydrogens is 298 g/mol. The van der Waals surface area contributed by atoms with Crippen molar-refractivity contribution >= 4 is 27.7 Å². The predicted octanol–water partition coefficient (Wildman–Crippen LogP) is 2.47. The smallest absolute Gasteiger partial charge is 0.310 e. The third-order valence-corrected chi connectivity index (χ3v) is 2.69. The number of alkyl halides is 2. The highest BCUT2D eigenvalue weighted by atomic mass is 79.9.